The van der Waals surface area contributed by atoms with Crippen molar-refractivity contribution in [2.24, 2.45) is 5.92 Å². The summed E-state index contributed by atoms with van der Waals surface area (Å²) in [5.74, 6) is -2.04. The third kappa shape index (κ3) is 2.75. The molecule has 2 aromatic rings. The molecule has 24 heavy (non-hydrogen) atoms. The van der Waals surface area contributed by atoms with E-state index in [1.165, 1.54) is 0 Å². The number of H-pyrrole nitrogens is 2. The summed E-state index contributed by atoms with van der Waals surface area (Å²) in [4.78, 5) is 29.1. The number of pyridine rings is 1. The van der Waals surface area contributed by atoms with Crippen LogP contribution in [0.1, 0.15) is 43.5 Å². The van der Waals surface area contributed by atoms with Crippen LogP contribution < -0.4 is 5.56 Å². The second-order valence-corrected chi connectivity index (χ2v) is 6.73. The summed E-state index contributed by atoms with van der Waals surface area (Å²) < 4.78 is 5.37. The Morgan fingerprint density at radius 2 is 2.21 bits per heavy atom. The molecule has 1 aliphatic carbocycles. The average molecular weight is 331 g/mol. The summed E-state index contributed by atoms with van der Waals surface area (Å²) in [5.41, 5.74) is 0.101. The van der Waals surface area contributed by atoms with Gasteiger partial charge in [-0.05, 0) is 32.4 Å². The highest BCUT2D eigenvalue weighted by Gasteiger charge is 2.51. The second kappa shape index (κ2) is 5.90. The van der Waals surface area contributed by atoms with E-state index in [1.807, 2.05) is 0 Å². The van der Waals surface area contributed by atoms with Crippen LogP contribution in [0.3, 0.4) is 0 Å². The number of aliphatic hydroxyl groups is 1. The van der Waals surface area contributed by atoms with Gasteiger partial charge in [0, 0.05) is 36.0 Å². The predicted molar refractivity (Wildman–Crippen MR) is 86.5 cm³/mol. The first-order valence-corrected chi connectivity index (χ1v) is 7.93. The van der Waals surface area contributed by atoms with Crippen molar-refractivity contribution >= 4 is 5.97 Å². The molecule has 0 radical (unpaired) electrons. The Kier molecular flexibility index (Phi) is 4.04. The number of fused-ring (bicyclic) bond motifs is 1. The Bertz CT molecular complexity index is 792. The number of nitrogens with one attached hydrogen (secondary N) is 2. The third-order valence-corrected chi connectivity index (χ3v) is 4.39. The Morgan fingerprint density at radius 1 is 1.46 bits per heavy atom. The summed E-state index contributed by atoms with van der Waals surface area (Å²) in [6, 6.07) is 3.54. The minimum Gasteiger partial charge on any atom is -0.463 e. The van der Waals surface area contributed by atoms with Crippen LogP contribution in [0.15, 0.2) is 29.3 Å². The van der Waals surface area contributed by atoms with E-state index < -0.39 is 23.4 Å². The number of carbonyl (C=O) groups is 1. The lowest BCUT2D eigenvalue weighted by atomic mass is 9.66. The average Bonchev–Trinajstić information content (AvgIpc) is 2.85. The molecule has 128 valence electrons. The molecule has 0 bridgehead atoms. The van der Waals surface area contributed by atoms with Crippen molar-refractivity contribution in [3.8, 4) is 0 Å². The number of aromatic amines is 2. The number of ether oxygens (including phenoxy) is 1. The van der Waals surface area contributed by atoms with Gasteiger partial charge in [-0.15, -0.1) is 0 Å². The maximum Gasteiger partial charge on any atom is 0.313 e. The Labute approximate surface area is 139 Å². The molecule has 0 amide bonds. The molecule has 7 nitrogen and oxygen atoms in total. The zero-order chi connectivity index (χ0) is 17.5. The van der Waals surface area contributed by atoms with Crippen molar-refractivity contribution in [2.45, 2.75) is 44.8 Å². The van der Waals surface area contributed by atoms with Crippen molar-refractivity contribution in [1.29, 1.82) is 0 Å². The minimum absolute atomic E-state index is 0.162. The molecule has 0 saturated carbocycles. The van der Waals surface area contributed by atoms with Crippen molar-refractivity contribution in [1.82, 2.24) is 15.2 Å². The number of hydrogen-bond acceptors (Lipinski definition) is 5. The number of esters is 1. The molecule has 7 heteroatoms. The van der Waals surface area contributed by atoms with Gasteiger partial charge in [0.05, 0.1) is 17.6 Å². The van der Waals surface area contributed by atoms with Gasteiger partial charge in [0.1, 0.15) is 0 Å². The van der Waals surface area contributed by atoms with Gasteiger partial charge >= 0.3 is 5.97 Å². The van der Waals surface area contributed by atoms with Crippen molar-refractivity contribution in [3.05, 3.63) is 51.7 Å². The third-order valence-electron chi connectivity index (χ3n) is 4.39. The van der Waals surface area contributed by atoms with Gasteiger partial charge in [-0.25, -0.2) is 0 Å². The normalized spacial score (nSPS) is 26.2. The maximum absolute atomic E-state index is 12.7. The van der Waals surface area contributed by atoms with E-state index in [1.54, 1.807) is 45.3 Å². The lowest BCUT2D eigenvalue weighted by Crippen LogP contribution is -2.50. The number of rotatable bonds is 3. The highest BCUT2D eigenvalue weighted by Crippen LogP contribution is 2.44. The highest BCUT2D eigenvalue weighted by molar-refractivity contribution is 5.77. The van der Waals surface area contributed by atoms with E-state index in [0.717, 1.165) is 0 Å². The quantitative estimate of drug-likeness (QED) is 0.730. The summed E-state index contributed by atoms with van der Waals surface area (Å²) in [6.45, 7) is 5.10. The summed E-state index contributed by atoms with van der Waals surface area (Å²) in [6.07, 6.45) is 3.08. The molecule has 3 rings (SSSR count). The Balaban J connectivity index is 2.18. The number of aromatic nitrogens is 3. The first kappa shape index (κ1) is 16.4. The lowest BCUT2D eigenvalue weighted by molar-refractivity contribution is -0.163. The molecule has 0 saturated heterocycles. The van der Waals surface area contributed by atoms with Crippen LogP contribution in [0.25, 0.3) is 0 Å². The van der Waals surface area contributed by atoms with Gasteiger partial charge in [0.25, 0.3) is 5.56 Å². The first-order valence-electron chi connectivity index (χ1n) is 7.93. The lowest BCUT2D eigenvalue weighted by Gasteiger charge is -2.40. The molecule has 1 aliphatic rings. The molecule has 0 spiro atoms. The predicted octanol–water partition coefficient (Wildman–Crippen LogP) is 1.10. The summed E-state index contributed by atoms with van der Waals surface area (Å²) >= 11 is 0. The molecule has 2 heterocycles. The summed E-state index contributed by atoms with van der Waals surface area (Å²) in [7, 11) is 0. The van der Waals surface area contributed by atoms with E-state index in [0.29, 0.717) is 16.8 Å². The van der Waals surface area contributed by atoms with Crippen LogP contribution in [0.5, 0.6) is 0 Å². The Morgan fingerprint density at radius 3 is 2.83 bits per heavy atom. The second-order valence-electron chi connectivity index (χ2n) is 6.73. The Hall–Kier alpha value is -2.41. The fraction of sp³-hybridized carbons (Fsp3) is 0.471. The fourth-order valence-corrected chi connectivity index (χ4v) is 3.48. The SMILES string of the molecule is CC(C)OC(=O)C1C(c2cccnc2)c2c([nH][nH]c2=O)CC1(C)O. The van der Waals surface area contributed by atoms with Crippen LogP contribution in [-0.2, 0) is 16.0 Å². The molecular weight excluding hydrogens is 310 g/mol. The van der Waals surface area contributed by atoms with Crippen molar-refractivity contribution in [3.63, 3.8) is 0 Å². The van der Waals surface area contributed by atoms with E-state index in [9.17, 15) is 14.7 Å². The molecule has 2 aromatic heterocycles. The zero-order valence-electron chi connectivity index (χ0n) is 13.9. The first-order chi connectivity index (χ1) is 11.3. The van der Waals surface area contributed by atoms with Crippen LogP contribution in [0.4, 0.5) is 0 Å². The van der Waals surface area contributed by atoms with Gasteiger partial charge in [-0.3, -0.25) is 19.7 Å². The van der Waals surface area contributed by atoms with E-state index >= 15 is 0 Å². The molecule has 0 aromatic carbocycles. The minimum atomic E-state index is -1.36. The standard InChI is InChI=1S/C17H21N3O4/c1-9(2)24-16(22)14-12(10-5-4-6-18-8-10)13-11(7-17(14,3)23)19-20-15(13)21/h4-6,8-9,12,14,23H,7H2,1-3H3,(H2,19,20,21). The van der Waals surface area contributed by atoms with Crippen LogP contribution in [0, 0.1) is 5.92 Å². The smallest absolute Gasteiger partial charge is 0.313 e. The number of carbonyl (C=O) groups excluding carboxylic acids is 1. The molecule has 0 fully saturated rings. The molecule has 3 unspecified atom stereocenters. The van der Waals surface area contributed by atoms with Crippen molar-refractivity contribution in [2.75, 3.05) is 0 Å². The van der Waals surface area contributed by atoms with Crippen molar-refractivity contribution < 1.29 is 14.6 Å². The van der Waals surface area contributed by atoms with E-state index in [4.69, 9.17) is 4.74 Å². The van der Waals surface area contributed by atoms with Gasteiger partial charge in [0.15, 0.2) is 0 Å². The molecule has 0 aliphatic heterocycles. The van der Waals surface area contributed by atoms with Crippen LogP contribution in [-0.4, -0.2) is 38.0 Å². The van der Waals surface area contributed by atoms with Gasteiger partial charge in [0.2, 0.25) is 0 Å². The summed E-state index contributed by atoms with van der Waals surface area (Å²) in [5, 5.41) is 16.3. The molecular formula is C17H21N3O4. The van der Waals surface area contributed by atoms with Crippen LogP contribution >= 0.6 is 0 Å². The zero-order valence-corrected chi connectivity index (χ0v) is 13.9. The van der Waals surface area contributed by atoms with Crippen LogP contribution in [0.2, 0.25) is 0 Å². The van der Waals surface area contributed by atoms with E-state index in [2.05, 4.69) is 15.2 Å². The molecule has 3 atom stereocenters. The monoisotopic (exact) mass is 331 g/mol. The van der Waals surface area contributed by atoms with Gasteiger partial charge < -0.3 is 14.9 Å². The fourth-order valence-electron chi connectivity index (χ4n) is 3.48. The number of nitrogens with zero attached hydrogens (tertiary/aromatic N) is 1. The maximum atomic E-state index is 12.7. The topological polar surface area (TPSA) is 108 Å². The van der Waals surface area contributed by atoms with E-state index in [-0.39, 0.29) is 18.1 Å². The number of hydrogen-bond donors (Lipinski definition) is 3. The van der Waals surface area contributed by atoms with Gasteiger partial charge in [-0.2, -0.15) is 0 Å². The highest BCUT2D eigenvalue weighted by atomic mass is 16.5. The largest absolute Gasteiger partial charge is 0.463 e. The molecule has 3 N–H and O–H groups in total. The van der Waals surface area contributed by atoms with Gasteiger partial charge in [-0.1, -0.05) is 6.07 Å².